The van der Waals surface area contributed by atoms with Crippen LogP contribution >= 0.6 is 11.3 Å². The Hall–Kier alpha value is -0.940. The summed E-state index contributed by atoms with van der Waals surface area (Å²) in [5, 5.41) is 5.90. The summed E-state index contributed by atoms with van der Waals surface area (Å²) in [6.45, 7) is 6.66. The van der Waals surface area contributed by atoms with E-state index in [1.807, 2.05) is 5.38 Å². The molecule has 1 amide bonds. The molecular weight excluding hydrogens is 234 g/mol. The Bertz CT molecular complexity index is 362. The minimum absolute atomic E-state index is 0.0928. The zero-order valence-corrected chi connectivity index (χ0v) is 11.5. The zero-order valence-electron chi connectivity index (χ0n) is 10.7. The number of hydrogen-bond donors (Lipinski definition) is 2. The molecule has 0 aliphatic carbocycles. The molecule has 4 nitrogen and oxygen atoms in total. The standard InChI is InChI=1S/C12H21N3OS/c1-4-11-15-9(7-17-11)6-14-12(16)10(13)5-8(2)3/h7-8,10H,4-6,13H2,1-3H3,(H,14,16)/t10-/m0/s1. The van der Waals surface area contributed by atoms with Crippen LogP contribution in [0.1, 0.15) is 37.9 Å². The van der Waals surface area contributed by atoms with Gasteiger partial charge >= 0.3 is 0 Å². The van der Waals surface area contributed by atoms with Crippen molar-refractivity contribution in [2.45, 2.75) is 46.2 Å². The van der Waals surface area contributed by atoms with E-state index in [9.17, 15) is 4.79 Å². The van der Waals surface area contributed by atoms with Crippen LogP contribution in [0.5, 0.6) is 0 Å². The summed E-state index contributed by atoms with van der Waals surface area (Å²) in [6.07, 6.45) is 1.65. The molecule has 3 N–H and O–H groups in total. The summed E-state index contributed by atoms with van der Waals surface area (Å²) >= 11 is 1.63. The van der Waals surface area contributed by atoms with Gasteiger partial charge < -0.3 is 11.1 Å². The van der Waals surface area contributed by atoms with E-state index < -0.39 is 6.04 Å². The molecule has 96 valence electrons. The average Bonchev–Trinajstić information content (AvgIpc) is 2.72. The van der Waals surface area contributed by atoms with Gasteiger partial charge in [-0.15, -0.1) is 11.3 Å². The van der Waals surface area contributed by atoms with Crippen LogP contribution < -0.4 is 11.1 Å². The van der Waals surface area contributed by atoms with Crippen LogP contribution in [0.4, 0.5) is 0 Å². The van der Waals surface area contributed by atoms with Gasteiger partial charge in [0.1, 0.15) is 0 Å². The molecule has 0 bridgehead atoms. The van der Waals surface area contributed by atoms with Crippen molar-refractivity contribution in [1.29, 1.82) is 0 Å². The molecule has 1 rings (SSSR count). The maximum atomic E-state index is 11.7. The van der Waals surface area contributed by atoms with Crippen molar-refractivity contribution in [3.63, 3.8) is 0 Å². The third-order valence-corrected chi connectivity index (χ3v) is 3.45. The lowest BCUT2D eigenvalue weighted by Gasteiger charge is -2.13. The number of carbonyl (C=O) groups excluding carboxylic acids is 1. The highest BCUT2D eigenvalue weighted by Crippen LogP contribution is 2.10. The van der Waals surface area contributed by atoms with E-state index in [0.29, 0.717) is 18.9 Å². The van der Waals surface area contributed by atoms with Gasteiger partial charge in [0.25, 0.3) is 0 Å². The van der Waals surface area contributed by atoms with Crippen LogP contribution in [0.25, 0.3) is 0 Å². The zero-order chi connectivity index (χ0) is 12.8. The number of nitrogens with zero attached hydrogens (tertiary/aromatic N) is 1. The lowest BCUT2D eigenvalue weighted by atomic mass is 10.0. The van der Waals surface area contributed by atoms with E-state index in [1.54, 1.807) is 11.3 Å². The molecule has 5 heteroatoms. The van der Waals surface area contributed by atoms with Crippen molar-refractivity contribution in [1.82, 2.24) is 10.3 Å². The maximum Gasteiger partial charge on any atom is 0.237 e. The molecular formula is C12H21N3OS. The fraction of sp³-hybridized carbons (Fsp3) is 0.667. The molecule has 0 saturated heterocycles. The summed E-state index contributed by atoms with van der Waals surface area (Å²) < 4.78 is 0. The van der Waals surface area contributed by atoms with Crippen LogP contribution in [0.3, 0.4) is 0 Å². The Morgan fingerprint density at radius 2 is 2.29 bits per heavy atom. The van der Waals surface area contributed by atoms with Crippen LogP contribution in [0.2, 0.25) is 0 Å². The first-order chi connectivity index (χ1) is 8.02. The van der Waals surface area contributed by atoms with Crippen LogP contribution in [0.15, 0.2) is 5.38 Å². The monoisotopic (exact) mass is 255 g/mol. The second-order valence-corrected chi connectivity index (χ2v) is 5.48. The second kappa shape index (κ2) is 6.71. The Balaban J connectivity index is 2.37. The molecule has 0 unspecified atom stereocenters. The minimum atomic E-state index is -0.417. The summed E-state index contributed by atoms with van der Waals surface area (Å²) in [4.78, 5) is 16.1. The molecule has 17 heavy (non-hydrogen) atoms. The van der Waals surface area contributed by atoms with Gasteiger partial charge in [-0.25, -0.2) is 4.98 Å². The molecule has 1 atom stereocenters. The molecule has 1 heterocycles. The van der Waals surface area contributed by atoms with E-state index in [0.717, 1.165) is 17.1 Å². The predicted molar refractivity (Wildman–Crippen MR) is 70.8 cm³/mol. The number of rotatable bonds is 6. The van der Waals surface area contributed by atoms with E-state index in [2.05, 4.69) is 31.1 Å². The van der Waals surface area contributed by atoms with E-state index in [4.69, 9.17) is 5.73 Å². The molecule has 0 radical (unpaired) electrons. The highest BCUT2D eigenvalue weighted by atomic mass is 32.1. The van der Waals surface area contributed by atoms with Gasteiger partial charge in [-0.3, -0.25) is 4.79 Å². The van der Waals surface area contributed by atoms with Crippen LogP contribution in [-0.2, 0) is 17.8 Å². The van der Waals surface area contributed by atoms with Crippen molar-refractivity contribution in [2.75, 3.05) is 0 Å². The third kappa shape index (κ3) is 4.83. The fourth-order valence-electron chi connectivity index (χ4n) is 1.52. The summed E-state index contributed by atoms with van der Waals surface area (Å²) in [5.41, 5.74) is 6.70. The number of aromatic nitrogens is 1. The van der Waals surface area contributed by atoms with Gasteiger partial charge in [0.05, 0.1) is 23.3 Å². The van der Waals surface area contributed by atoms with Crippen molar-refractivity contribution in [2.24, 2.45) is 11.7 Å². The highest BCUT2D eigenvalue weighted by molar-refractivity contribution is 7.09. The number of hydrogen-bond acceptors (Lipinski definition) is 4. The quantitative estimate of drug-likeness (QED) is 0.813. The Kier molecular flexibility index (Phi) is 5.58. The van der Waals surface area contributed by atoms with Crippen LogP contribution in [0, 0.1) is 5.92 Å². The summed E-state index contributed by atoms with van der Waals surface area (Å²) in [6, 6.07) is -0.417. The molecule has 0 aliphatic rings. The average molecular weight is 255 g/mol. The van der Waals surface area contributed by atoms with Crippen LogP contribution in [-0.4, -0.2) is 16.9 Å². The number of amides is 1. The first-order valence-electron chi connectivity index (χ1n) is 5.99. The van der Waals surface area contributed by atoms with Gasteiger partial charge in [0, 0.05) is 5.38 Å². The maximum absolute atomic E-state index is 11.7. The topological polar surface area (TPSA) is 68.0 Å². The Labute approximate surface area is 107 Å². The SMILES string of the molecule is CCc1nc(CNC(=O)[C@@H](N)CC(C)C)cs1. The van der Waals surface area contributed by atoms with E-state index >= 15 is 0 Å². The first-order valence-corrected chi connectivity index (χ1v) is 6.87. The van der Waals surface area contributed by atoms with Gasteiger partial charge in [0.15, 0.2) is 0 Å². The fourth-order valence-corrected chi connectivity index (χ4v) is 2.26. The van der Waals surface area contributed by atoms with Crippen molar-refractivity contribution in [3.05, 3.63) is 16.1 Å². The Morgan fingerprint density at radius 3 is 2.82 bits per heavy atom. The number of carbonyl (C=O) groups is 1. The van der Waals surface area contributed by atoms with E-state index in [-0.39, 0.29) is 5.91 Å². The van der Waals surface area contributed by atoms with E-state index in [1.165, 1.54) is 0 Å². The largest absolute Gasteiger partial charge is 0.349 e. The second-order valence-electron chi connectivity index (χ2n) is 4.54. The number of nitrogens with one attached hydrogen (secondary N) is 1. The number of aryl methyl sites for hydroxylation is 1. The molecule has 0 saturated carbocycles. The molecule has 0 fully saturated rings. The minimum Gasteiger partial charge on any atom is -0.349 e. The van der Waals surface area contributed by atoms with Gasteiger partial charge in [-0.2, -0.15) is 0 Å². The Morgan fingerprint density at radius 1 is 1.59 bits per heavy atom. The molecule has 0 aromatic carbocycles. The normalized spacial score (nSPS) is 12.8. The van der Waals surface area contributed by atoms with Gasteiger partial charge in [-0.1, -0.05) is 20.8 Å². The summed E-state index contributed by atoms with van der Waals surface area (Å²) in [7, 11) is 0. The summed E-state index contributed by atoms with van der Waals surface area (Å²) in [5.74, 6) is 0.339. The third-order valence-electron chi connectivity index (χ3n) is 2.41. The highest BCUT2D eigenvalue weighted by Gasteiger charge is 2.14. The first kappa shape index (κ1) is 14.1. The molecule has 1 aromatic rings. The molecule has 1 aromatic heterocycles. The van der Waals surface area contributed by atoms with Crippen molar-refractivity contribution >= 4 is 17.2 Å². The number of nitrogens with two attached hydrogens (primary N) is 1. The smallest absolute Gasteiger partial charge is 0.237 e. The predicted octanol–water partition coefficient (Wildman–Crippen LogP) is 1.70. The number of thiazole rings is 1. The van der Waals surface area contributed by atoms with Gasteiger partial charge in [-0.05, 0) is 18.8 Å². The lowest BCUT2D eigenvalue weighted by molar-refractivity contribution is -0.122. The molecule has 0 aliphatic heterocycles. The van der Waals surface area contributed by atoms with Crippen molar-refractivity contribution in [3.8, 4) is 0 Å². The van der Waals surface area contributed by atoms with Crippen molar-refractivity contribution < 1.29 is 4.79 Å². The molecule has 0 spiro atoms. The lowest BCUT2D eigenvalue weighted by Crippen LogP contribution is -2.41. The van der Waals surface area contributed by atoms with Gasteiger partial charge in [0.2, 0.25) is 5.91 Å².